The van der Waals surface area contributed by atoms with Crippen LogP contribution in [0.15, 0.2) is 23.1 Å². The van der Waals surface area contributed by atoms with E-state index in [0.29, 0.717) is 5.69 Å². The number of hydrogen-bond donors (Lipinski definition) is 2. The molecule has 0 radical (unpaired) electrons. The molecule has 2 aliphatic rings. The van der Waals surface area contributed by atoms with Crippen LogP contribution < -0.4 is 11.1 Å². The van der Waals surface area contributed by atoms with Crippen molar-refractivity contribution in [1.29, 1.82) is 0 Å². The first kappa shape index (κ1) is 11.0. The van der Waals surface area contributed by atoms with Gasteiger partial charge in [-0.2, -0.15) is 0 Å². The maximum Gasteiger partial charge on any atom is 0.231 e. The van der Waals surface area contributed by atoms with Gasteiger partial charge < -0.3 is 11.1 Å². The topological polar surface area (TPSA) is 55.1 Å². The standard InChI is InChI=1S/C13H16N2OS/c14-9-3-4-11-10(7-9)15-12(16)13(8-17-11)5-1-2-6-13/h3-4,7H,1-2,5-6,8,14H2,(H,15,16). The summed E-state index contributed by atoms with van der Waals surface area (Å²) in [5, 5.41) is 3.06. The zero-order valence-corrected chi connectivity index (χ0v) is 10.5. The molecule has 17 heavy (non-hydrogen) atoms. The zero-order valence-electron chi connectivity index (χ0n) is 9.66. The maximum absolute atomic E-state index is 12.3. The molecule has 1 aromatic carbocycles. The van der Waals surface area contributed by atoms with Crippen molar-refractivity contribution in [1.82, 2.24) is 0 Å². The first-order valence-corrected chi connectivity index (χ1v) is 7.02. The van der Waals surface area contributed by atoms with Crippen LogP contribution in [-0.4, -0.2) is 11.7 Å². The van der Waals surface area contributed by atoms with Crippen LogP contribution in [0.2, 0.25) is 0 Å². The van der Waals surface area contributed by atoms with Crippen LogP contribution in [0.5, 0.6) is 0 Å². The Kier molecular flexibility index (Phi) is 2.54. The maximum atomic E-state index is 12.3. The van der Waals surface area contributed by atoms with Crippen molar-refractivity contribution in [3.63, 3.8) is 0 Å². The Morgan fingerprint density at radius 2 is 2.06 bits per heavy atom. The molecule has 1 heterocycles. The first-order valence-electron chi connectivity index (χ1n) is 6.03. The lowest BCUT2D eigenvalue weighted by Crippen LogP contribution is -2.34. The second-order valence-corrected chi connectivity index (χ2v) is 6.00. The molecule has 1 aromatic rings. The first-order chi connectivity index (χ1) is 8.20. The molecule has 3 nitrogen and oxygen atoms in total. The third kappa shape index (κ3) is 1.80. The molecule has 90 valence electrons. The van der Waals surface area contributed by atoms with E-state index in [0.717, 1.165) is 29.2 Å². The Morgan fingerprint density at radius 1 is 1.29 bits per heavy atom. The van der Waals surface area contributed by atoms with Crippen LogP contribution >= 0.6 is 11.8 Å². The average molecular weight is 248 g/mol. The second kappa shape index (κ2) is 3.95. The zero-order chi connectivity index (χ0) is 11.9. The van der Waals surface area contributed by atoms with E-state index in [-0.39, 0.29) is 11.3 Å². The number of hydrogen-bond acceptors (Lipinski definition) is 3. The molecule has 0 bridgehead atoms. The van der Waals surface area contributed by atoms with Gasteiger partial charge in [0.1, 0.15) is 0 Å². The van der Waals surface area contributed by atoms with Gasteiger partial charge in [0, 0.05) is 16.3 Å². The Hall–Kier alpha value is -1.16. The number of anilines is 2. The van der Waals surface area contributed by atoms with Gasteiger partial charge in [0.05, 0.1) is 11.1 Å². The number of benzene rings is 1. The number of rotatable bonds is 0. The average Bonchev–Trinajstić information content (AvgIpc) is 2.73. The van der Waals surface area contributed by atoms with Crippen molar-refractivity contribution in [2.24, 2.45) is 5.41 Å². The van der Waals surface area contributed by atoms with Gasteiger partial charge in [0.25, 0.3) is 0 Å². The molecule has 1 aliphatic carbocycles. The van der Waals surface area contributed by atoms with Gasteiger partial charge in [-0.25, -0.2) is 0 Å². The molecule has 1 fully saturated rings. The van der Waals surface area contributed by atoms with Crippen LogP contribution in [0, 0.1) is 5.41 Å². The largest absolute Gasteiger partial charge is 0.399 e. The summed E-state index contributed by atoms with van der Waals surface area (Å²) in [7, 11) is 0. The molecule has 0 atom stereocenters. The van der Waals surface area contributed by atoms with Gasteiger partial charge in [0.15, 0.2) is 0 Å². The van der Waals surface area contributed by atoms with E-state index in [1.54, 1.807) is 11.8 Å². The van der Waals surface area contributed by atoms with E-state index in [1.807, 2.05) is 18.2 Å². The van der Waals surface area contributed by atoms with Crippen molar-refractivity contribution in [3.8, 4) is 0 Å². The summed E-state index contributed by atoms with van der Waals surface area (Å²) in [6, 6.07) is 5.75. The smallest absolute Gasteiger partial charge is 0.231 e. The summed E-state index contributed by atoms with van der Waals surface area (Å²) in [4.78, 5) is 13.5. The van der Waals surface area contributed by atoms with Crippen LogP contribution in [-0.2, 0) is 4.79 Å². The number of amides is 1. The summed E-state index contributed by atoms with van der Waals surface area (Å²) in [6.45, 7) is 0. The summed E-state index contributed by atoms with van der Waals surface area (Å²) >= 11 is 1.78. The van der Waals surface area contributed by atoms with Crippen LogP contribution in [0.4, 0.5) is 11.4 Å². The van der Waals surface area contributed by atoms with Gasteiger partial charge in [-0.15, -0.1) is 11.8 Å². The molecule has 0 saturated heterocycles. The Morgan fingerprint density at radius 3 is 2.82 bits per heavy atom. The van der Waals surface area contributed by atoms with E-state index < -0.39 is 0 Å². The molecule has 3 N–H and O–H groups in total. The number of nitrogens with two attached hydrogens (primary N) is 1. The van der Waals surface area contributed by atoms with Crippen molar-refractivity contribution in [2.75, 3.05) is 16.8 Å². The van der Waals surface area contributed by atoms with E-state index in [9.17, 15) is 4.79 Å². The highest BCUT2D eigenvalue weighted by Crippen LogP contribution is 2.46. The van der Waals surface area contributed by atoms with Crippen molar-refractivity contribution >= 4 is 29.0 Å². The van der Waals surface area contributed by atoms with E-state index in [1.165, 1.54) is 12.8 Å². The number of thioether (sulfide) groups is 1. The molecule has 4 heteroatoms. The highest BCUT2D eigenvalue weighted by molar-refractivity contribution is 7.99. The lowest BCUT2D eigenvalue weighted by molar-refractivity contribution is -0.124. The lowest BCUT2D eigenvalue weighted by Gasteiger charge is -2.24. The minimum atomic E-state index is -0.140. The summed E-state index contributed by atoms with van der Waals surface area (Å²) in [6.07, 6.45) is 4.39. The second-order valence-electron chi connectivity index (χ2n) is 4.99. The molecular formula is C13H16N2OS. The number of fused-ring (bicyclic) bond motifs is 1. The quantitative estimate of drug-likeness (QED) is 0.694. The highest BCUT2D eigenvalue weighted by atomic mass is 32.2. The fraction of sp³-hybridized carbons (Fsp3) is 0.462. The van der Waals surface area contributed by atoms with E-state index >= 15 is 0 Å². The number of carbonyl (C=O) groups is 1. The Balaban J connectivity index is 1.96. The van der Waals surface area contributed by atoms with Crippen molar-refractivity contribution < 1.29 is 4.79 Å². The monoisotopic (exact) mass is 248 g/mol. The van der Waals surface area contributed by atoms with Crippen LogP contribution in [0.25, 0.3) is 0 Å². The van der Waals surface area contributed by atoms with Gasteiger partial charge in [-0.05, 0) is 31.0 Å². The molecule has 1 amide bonds. The van der Waals surface area contributed by atoms with Gasteiger partial charge in [0.2, 0.25) is 5.91 Å². The van der Waals surface area contributed by atoms with Crippen LogP contribution in [0.1, 0.15) is 25.7 Å². The molecule has 3 rings (SSSR count). The van der Waals surface area contributed by atoms with Gasteiger partial charge >= 0.3 is 0 Å². The molecule has 1 aliphatic heterocycles. The molecule has 0 aromatic heterocycles. The summed E-state index contributed by atoms with van der Waals surface area (Å²) in [5.74, 6) is 1.09. The van der Waals surface area contributed by atoms with Gasteiger partial charge in [-0.3, -0.25) is 4.79 Å². The lowest BCUT2D eigenvalue weighted by atomic mass is 9.87. The summed E-state index contributed by atoms with van der Waals surface area (Å²) in [5.41, 5.74) is 7.20. The van der Waals surface area contributed by atoms with Gasteiger partial charge in [-0.1, -0.05) is 12.8 Å². The third-order valence-corrected chi connectivity index (χ3v) is 5.16. The minimum absolute atomic E-state index is 0.140. The highest BCUT2D eigenvalue weighted by Gasteiger charge is 2.42. The summed E-state index contributed by atoms with van der Waals surface area (Å²) < 4.78 is 0. The normalized spacial score (nSPS) is 22.0. The fourth-order valence-electron chi connectivity index (χ4n) is 2.73. The van der Waals surface area contributed by atoms with Crippen molar-refractivity contribution in [3.05, 3.63) is 18.2 Å². The Labute approximate surface area is 105 Å². The molecular weight excluding hydrogens is 232 g/mol. The van der Waals surface area contributed by atoms with Crippen molar-refractivity contribution in [2.45, 2.75) is 30.6 Å². The molecule has 1 saturated carbocycles. The number of carbonyl (C=O) groups excluding carboxylic acids is 1. The number of nitrogens with one attached hydrogen (secondary N) is 1. The van der Waals surface area contributed by atoms with E-state index in [2.05, 4.69) is 5.32 Å². The predicted octanol–water partition coefficient (Wildman–Crippen LogP) is 2.87. The number of nitrogen functional groups attached to an aromatic ring is 1. The molecule has 1 spiro atoms. The molecule has 0 unspecified atom stereocenters. The SMILES string of the molecule is Nc1ccc2c(c1)NC(=O)C1(CCCC1)CS2. The third-order valence-electron chi connectivity index (χ3n) is 3.80. The van der Waals surface area contributed by atoms with Crippen LogP contribution in [0.3, 0.4) is 0 Å². The Bertz CT molecular complexity index is 466. The minimum Gasteiger partial charge on any atom is -0.399 e. The van der Waals surface area contributed by atoms with E-state index in [4.69, 9.17) is 5.73 Å². The fourth-order valence-corrected chi connectivity index (χ4v) is 4.01. The predicted molar refractivity (Wildman–Crippen MR) is 71.1 cm³/mol.